The lowest BCUT2D eigenvalue weighted by molar-refractivity contribution is -0.119. The summed E-state index contributed by atoms with van der Waals surface area (Å²) in [7, 11) is 0. The van der Waals surface area contributed by atoms with Crippen LogP contribution in [-0.4, -0.2) is 22.7 Å². The van der Waals surface area contributed by atoms with E-state index in [4.69, 9.17) is 24.1 Å². The molecule has 0 saturated carbocycles. The van der Waals surface area contributed by atoms with E-state index in [2.05, 4.69) is 16.2 Å². The smallest absolute Gasteiger partial charge is 0.293 e. The van der Waals surface area contributed by atoms with E-state index in [9.17, 15) is 4.79 Å². The van der Waals surface area contributed by atoms with Crippen molar-refractivity contribution in [3.63, 3.8) is 0 Å². The van der Waals surface area contributed by atoms with Crippen molar-refractivity contribution in [1.29, 1.82) is 0 Å². The van der Waals surface area contributed by atoms with Gasteiger partial charge < -0.3 is 24.1 Å². The zero-order valence-corrected chi connectivity index (χ0v) is 17.4. The molecular weight excluding hydrogens is 422 g/mol. The van der Waals surface area contributed by atoms with Crippen molar-refractivity contribution in [3.8, 4) is 34.5 Å². The number of benzene rings is 3. The van der Waals surface area contributed by atoms with Crippen LogP contribution in [0.1, 0.15) is 5.76 Å². The Labute approximate surface area is 188 Å². The molecule has 0 aliphatic rings. The Morgan fingerprint density at radius 2 is 1.67 bits per heavy atom. The molecule has 33 heavy (non-hydrogen) atoms. The van der Waals surface area contributed by atoms with Crippen LogP contribution in [-0.2, 0) is 11.4 Å². The minimum atomic E-state index is -0.539. The highest BCUT2D eigenvalue weighted by molar-refractivity contribution is 5.83. The number of amides is 1. The van der Waals surface area contributed by atoms with Gasteiger partial charge in [0.25, 0.3) is 11.8 Å². The number of nitrogens with zero attached hydrogens (tertiary/aromatic N) is 2. The topological polar surface area (TPSA) is 114 Å². The molecule has 0 fully saturated rings. The quantitative estimate of drug-likeness (QED) is 0.374. The van der Waals surface area contributed by atoms with Crippen LogP contribution in [0.3, 0.4) is 0 Å². The van der Waals surface area contributed by atoms with E-state index in [0.29, 0.717) is 23.1 Å². The molecule has 0 aliphatic heterocycles. The largest absolute Gasteiger partial charge is 0.486 e. The molecular formula is C25H19N3O5. The van der Waals surface area contributed by atoms with Gasteiger partial charge in [-0.1, -0.05) is 35.5 Å². The highest BCUT2D eigenvalue weighted by atomic mass is 16.5. The number of carbonyl (C=O) groups is 1. The summed E-state index contributed by atoms with van der Waals surface area (Å²) in [4.78, 5) is 15.2. The number of ether oxygens (including phenoxy) is 2. The Morgan fingerprint density at radius 3 is 2.48 bits per heavy atom. The number of hydrogen-bond acceptors (Lipinski definition) is 7. The lowest BCUT2D eigenvalue weighted by Crippen LogP contribution is -2.19. The van der Waals surface area contributed by atoms with Crippen molar-refractivity contribution in [3.05, 3.63) is 84.6 Å². The summed E-state index contributed by atoms with van der Waals surface area (Å²) in [5.74, 6) is 2.48. The molecule has 0 aliphatic carbocycles. The third-order valence-electron chi connectivity index (χ3n) is 4.89. The Hall–Kier alpha value is -4.59. The maximum absolute atomic E-state index is 10.8. The first-order valence-corrected chi connectivity index (χ1v) is 10.2. The van der Waals surface area contributed by atoms with Crippen molar-refractivity contribution in [2.45, 2.75) is 6.61 Å². The van der Waals surface area contributed by atoms with E-state index in [1.54, 1.807) is 30.3 Å². The van der Waals surface area contributed by atoms with Crippen molar-refractivity contribution in [1.82, 2.24) is 10.1 Å². The fourth-order valence-electron chi connectivity index (χ4n) is 3.28. The number of furan rings is 1. The number of fused-ring (bicyclic) bond motifs is 1. The minimum absolute atomic E-state index is 0.183. The Morgan fingerprint density at radius 1 is 0.879 bits per heavy atom. The first-order chi connectivity index (χ1) is 16.1. The highest BCUT2D eigenvalue weighted by Crippen LogP contribution is 2.26. The van der Waals surface area contributed by atoms with Crippen LogP contribution < -0.4 is 15.2 Å². The van der Waals surface area contributed by atoms with Crippen molar-refractivity contribution < 1.29 is 23.2 Å². The fraction of sp³-hybridized carbons (Fsp3) is 0.0800. The van der Waals surface area contributed by atoms with Crippen LogP contribution in [0.2, 0.25) is 0 Å². The van der Waals surface area contributed by atoms with Crippen LogP contribution >= 0.6 is 0 Å². The standard InChI is InChI=1S/C25H19N3O5/c26-23(29)15-31-19-8-6-17(7-9-19)24-27-25(33-28-24)22-12-11-21(32-22)14-30-20-10-5-16-3-1-2-4-18(16)13-20/h1-13H,14-15H2,(H2,26,29). The number of carbonyl (C=O) groups excluding carboxylic acids is 1. The zero-order valence-electron chi connectivity index (χ0n) is 17.4. The second kappa shape index (κ2) is 8.88. The maximum Gasteiger partial charge on any atom is 0.293 e. The van der Waals surface area contributed by atoms with E-state index in [-0.39, 0.29) is 19.1 Å². The minimum Gasteiger partial charge on any atom is -0.486 e. The zero-order chi connectivity index (χ0) is 22.6. The average Bonchev–Trinajstić information content (AvgIpc) is 3.51. The molecule has 5 aromatic rings. The van der Waals surface area contributed by atoms with Gasteiger partial charge in [0.2, 0.25) is 5.82 Å². The highest BCUT2D eigenvalue weighted by Gasteiger charge is 2.15. The summed E-state index contributed by atoms with van der Waals surface area (Å²) in [6.45, 7) is 0.0865. The molecule has 2 heterocycles. The number of nitrogens with two attached hydrogens (primary N) is 1. The van der Waals surface area contributed by atoms with E-state index in [1.807, 2.05) is 42.5 Å². The van der Waals surface area contributed by atoms with Gasteiger partial charge in [-0.2, -0.15) is 4.98 Å². The summed E-state index contributed by atoms with van der Waals surface area (Å²) in [6, 6.07) is 24.5. The normalized spacial score (nSPS) is 10.9. The molecule has 1 amide bonds. The number of rotatable bonds is 8. The summed E-state index contributed by atoms with van der Waals surface area (Å²) in [6.07, 6.45) is 0. The van der Waals surface area contributed by atoms with Crippen LogP contribution in [0.5, 0.6) is 11.5 Å². The van der Waals surface area contributed by atoms with Gasteiger partial charge in [-0.05, 0) is 59.3 Å². The molecule has 2 N–H and O–H groups in total. The fourth-order valence-corrected chi connectivity index (χ4v) is 3.28. The SMILES string of the molecule is NC(=O)COc1ccc(-c2noc(-c3ccc(COc4ccc5ccccc5c4)o3)n2)cc1. The Kier molecular flexibility index (Phi) is 5.47. The molecule has 8 heteroatoms. The summed E-state index contributed by atoms with van der Waals surface area (Å²) >= 11 is 0. The Balaban J connectivity index is 1.24. The lowest BCUT2D eigenvalue weighted by atomic mass is 10.1. The number of aromatic nitrogens is 2. The van der Waals surface area contributed by atoms with Gasteiger partial charge in [0.15, 0.2) is 12.4 Å². The van der Waals surface area contributed by atoms with Crippen LogP contribution in [0, 0.1) is 0 Å². The average molecular weight is 441 g/mol. The van der Waals surface area contributed by atoms with E-state index in [1.165, 1.54) is 0 Å². The monoisotopic (exact) mass is 441 g/mol. The predicted molar refractivity (Wildman–Crippen MR) is 120 cm³/mol. The summed E-state index contributed by atoms with van der Waals surface area (Å²) in [5.41, 5.74) is 5.80. The van der Waals surface area contributed by atoms with Crippen molar-refractivity contribution >= 4 is 16.7 Å². The molecule has 2 aromatic heterocycles. The van der Waals surface area contributed by atoms with Gasteiger partial charge in [-0.3, -0.25) is 4.79 Å². The van der Waals surface area contributed by atoms with Crippen LogP contribution in [0.15, 0.2) is 87.8 Å². The molecule has 0 radical (unpaired) electrons. The van der Waals surface area contributed by atoms with Gasteiger partial charge in [-0.25, -0.2) is 0 Å². The first-order valence-electron chi connectivity index (χ1n) is 10.2. The molecule has 5 rings (SSSR count). The molecule has 8 nitrogen and oxygen atoms in total. The van der Waals surface area contributed by atoms with E-state index in [0.717, 1.165) is 22.1 Å². The molecule has 3 aromatic carbocycles. The first kappa shape index (κ1) is 20.3. The molecule has 0 atom stereocenters. The summed E-state index contributed by atoms with van der Waals surface area (Å²) < 4.78 is 22.3. The van der Waals surface area contributed by atoms with E-state index < -0.39 is 5.91 Å². The molecule has 0 saturated heterocycles. The van der Waals surface area contributed by atoms with Crippen molar-refractivity contribution in [2.75, 3.05) is 6.61 Å². The number of hydrogen-bond donors (Lipinski definition) is 1. The maximum atomic E-state index is 10.8. The summed E-state index contributed by atoms with van der Waals surface area (Å²) in [5, 5.41) is 6.28. The van der Waals surface area contributed by atoms with Crippen LogP contribution in [0.4, 0.5) is 0 Å². The second-order valence-electron chi connectivity index (χ2n) is 7.27. The lowest BCUT2D eigenvalue weighted by Gasteiger charge is -2.05. The second-order valence-corrected chi connectivity index (χ2v) is 7.27. The molecule has 164 valence electrons. The van der Waals surface area contributed by atoms with Gasteiger partial charge >= 0.3 is 0 Å². The Bertz CT molecular complexity index is 1410. The van der Waals surface area contributed by atoms with Gasteiger partial charge in [0.05, 0.1) is 0 Å². The predicted octanol–water partition coefficient (Wildman–Crippen LogP) is 4.59. The molecule has 0 spiro atoms. The van der Waals surface area contributed by atoms with Gasteiger partial charge in [0.1, 0.15) is 23.9 Å². The molecule has 0 bridgehead atoms. The van der Waals surface area contributed by atoms with Crippen molar-refractivity contribution in [2.24, 2.45) is 5.73 Å². The molecule has 0 unspecified atom stereocenters. The third-order valence-corrected chi connectivity index (χ3v) is 4.89. The third kappa shape index (κ3) is 4.69. The van der Waals surface area contributed by atoms with Gasteiger partial charge in [-0.15, -0.1) is 0 Å². The van der Waals surface area contributed by atoms with Crippen LogP contribution in [0.25, 0.3) is 33.8 Å². The number of primary amides is 1. The van der Waals surface area contributed by atoms with E-state index >= 15 is 0 Å². The van der Waals surface area contributed by atoms with Gasteiger partial charge in [0, 0.05) is 5.56 Å².